The summed E-state index contributed by atoms with van der Waals surface area (Å²) in [7, 11) is -1.29. The maximum Gasteiger partial charge on any atom is 0.462 e. The van der Waals surface area contributed by atoms with Crippen LogP contribution in [0.2, 0.25) is 5.31 Å². The van der Waals surface area contributed by atoms with E-state index in [1.807, 2.05) is 30.4 Å². The van der Waals surface area contributed by atoms with Crippen molar-refractivity contribution >= 4 is 12.7 Å². The van der Waals surface area contributed by atoms with Gasteiger partial charge in [-0.3, -0.25) is 0 Å². The largest absolute Gasteiger partial charge is 0.462 e. The van der Waals surface area contributed by atoms with Crippen molar-refractivity contribution in [3.63, 3.8) is 0 Å². The molecule has 2 rings (SSSR count). The summed E-state index contributed by atoms with van der Waals surface area (Å²) in [4.78, 5) is 0. The molecular weight excluding hydrogens is 271 g/mol. The van der Waals surface area contributed by atoms with Crippen LogP contribution in [0.25, 0.3) is 5.57 Å². The molecule has 1 unspecified atom stereocenters. The van der Waals surface area contributed by atoms with Crippen molar-refractivity contribution in [1.82, 2.24) is 0 Å². The molecule has 1 aromatic carbocycles. The Hall–Kier alpha value is -1.32. The van der Waals surface area contributed by atoms with E-state index in [2.05, 4.69) is 25.1 Å². The van der Waals surface area contributed by atoms with Gasteiger partial charge in [0.2, 0.25) is 0 Å². The van der Waals surface area contributed by atoms with E-state index in [0.29, 0.717) is 6.42 Å². The van der Waals surface area contributed by atoms with Crippen LogP contribution in [0, 0.1) is 0 Å². The molecule has 1 aliphatic carbocycles. The van der Waals surface area contributed by atoms with Gasteiger partial charge < -0.3 is 10.0 Å². The van der Waals surface area contributed by atoms with Gasteiger partial charge in [0, 0.05) is 5.31 Å². The van der Waals surface area contributed by atoms with Crippen LogP contribution in [-0.2, 0) is 0 Å². The van der Waals surface area contributed by atoms with E-state index in [9.17, 15) is 10.0 Å². The third-order valence-corrected chi connectivity index (χ3v) is 4.66. The average Bonchev–Trinajstić information content (AvgIpc) is 2.56. The summed E-state index contributed by atoms with van der Waals surface area (Å²) in [6.45, 7) is 2.21. The Bertz CT molecular complexity index is 507. The number of benzene rings is 1. The van der Waals surface area contributed by atoms with E-state index in [1.165, 1.54) is 36.8 Å². The zero-order valence-electron chi connectivity index (χ0n) is 13.5. The summed E-state index contributed by atoms with van der Waals surface area (Å²) in [5.41, 5.74) is 2.35. The molecule has 0 amide bonds. The van der Waals surface area contributed by atoms with Gasteiger partial charge in [0.05, 0.1) is 0 Å². The van der Waals surface area contributed by atoms with Gasteiger partial charge in [0.1, 0.15) is 0 Å². The lowest BCUT2D eigenvalue weighted by Crippen LogP contribution is -2.32. The molecule has 0 radical (unpaired) electrons. The van der Waals surface area contributed by atoms with Gasteiger partial charge in [0.15, 0.2) is 0 Å². The van der Waals surface area contributed by atoms with Gasteiger partial charge in [-0.05, 0) is 24.0 Å². The van der Waals surface area contributed by atoms with Crippen LogP contribution in [0.1, 0.15) is 57.4 Å². The fraction of sp³-hybridized carbons (Fsp3) is 0.474. The zero-order chi connectivity index (χ0) is 15.8. The number of hydrogen-bond donors (Lipinski definition) is 2. The smallest absolute Gasteiger partial charge is 0.426 e. The monoisotopic (exact) mass is 298 g/mol. The molecule has 0 spiro atoms. The Morgan fingerprint density at radius 2 is 1.77 bits per heavy atom. The van der Waals surface area contributed by atoms with Crippen molar-refractivity contribution in [2.24, 2.45) is 0 Å². The molecule has 3 heteroatoms. The molecule has 0 fully saturated rings. The number of rotatable bonds is 8. The molecule has 1 atom stereocenters. The van der Waals surface area contributed by atoms with Crippen molar-refractivity contribution in [1.29, 1.82) is 0 Å². The SMILES string of the molecule is CCCCCCCC1(B(O)O)C=CC(c2ccccc2)=CC1. The number of allylic oxidation sites excluding steroid dienone is 4. The minimum Gasteiger partial charge on any atom is -0.426 e. The molecule has 0 saturated heterocycles. The summed E-state index contributed by atoms with van der Waals surface area (Å²) in [6, 6.07) is 10.2. The van der Waals surface area contributed by atoms with E-state index in [4.69, 9.17) is 0 Å². The lowest BCUT2D eigenvalue weighted by Gasteiger charge is -2.31. The molecule has 0 heterocycles. The molecule has 0 saturated carbocycles. The Labute approximate surface area is 134 Å². The number of unbranched alkanes of at least 4 members (excludes halogenated alkanes) is 4. The highest BCUT2D eigenvalue weighted by Crippen LogP contribution is 2.44. The van der Waals surface area contributed by atoms with Gasteiger partial charge >= 0.3 is 7.12 Å². The van der Waals surface area contributed by atoms with Crippen molar-refractivity contribution in [2.75, 3.05) is 0 Å². The van der Waals surface area contributed by atoms with Gasteiger partial charge in [-0.25, -0.2) is 0 Å². The summed E-state index contributed by atoms with van der Waals surface area (Å²) < 4.78 is 0. The van der Waals surface area contributed by atoms with E-state index in [-0.39, 0.29) is 0 Å². The van der Waals surface area contributed by atoms with Crippen LogP contribution in [0.3, 0.4) is 0 Å². The molecule has 0 aliphatic heterocycles. The molecule has 1 aromatic rings. The first-order chi connectivity index (χ1) is 10.7. The third-order valence-electron chi connectivity index (χ3n) is 4.66. The Balaban J connectivity index is 1.97. The minimum atomic E-state index is -1.29. The maximum absolute atomic E-state index is 9.86. The van der Waals surface area contributed by atoms with Gasteiger partial charge in [-0.1, -0.05) is 87.6 Å². The van der Waals surface area contributed by atoms with Crippen molar-refractivity contribution in [3.05, 3.63) is 54.1 Å². The molecule has 1 aliphatic rings. The lowest BCUT2D eigenvalue weighted by atomic mass is 9.52. The van der Waals surface area contributed by atoms with Crippen molar-refractivity contribution in [2.45, 2.75) is 57.2 Å². The molecule has 118 valence electrons. The molecule has 2 nitrogen and oxygen atoms in total. The van der Waals surface area contributed by atoms with Crippen LogP contribution in [-0.4, -0.2) is 17.2 Å². The highest BCUT2D eigenvalue weighted by atomic mass is 16.4. The summed E-state index contributed by atoms with van der Waals surface area (Å²) in [6.07, 6.45) is 13.7. The van der Waals surface area contributed by atoms with E-state index < -0.39 is 12.4 Å². The Morgan fingerprint density at radius 3 is 2.36 bits per heavy atom. The number of hydrogen-bond acceptors (Lipinski definition) is 2. The second-order valence-electron chi connectivity index (χ2n) is 6.33. The summed E-state index contributed by atoms with van der Waals surface area (Å²) >= 11 is 0. The Kier molecular flexibility index (Phi) is 6.47. The zero-order valence-corrected chi connectivity index (χ0v) is 13.5. The highest BCUT2D eigenvalue weighted by Gasteiger charge is 2.39. The first kappa shape index (κ1) is 17.0. The predicted octanol–water partition coefficient (Wildman–Crippen LogP) is 4.60. The minimum absolute atomic E-state index is 0.509. The van der Waals surface area contributed by atoms with Crippen molar-refractivity contribution < 1.29 is 10.0 Å². The molecule has 0 aromatic heterocycles. The first-order valence-corrected chi connectivity index (χ1v) is 8.49. The van der Waals surface area contributed by atoms with Crippen LogP contribution in [0.5, 0.6) is 0 Å². The summed E-state index contributed by atoms with van der Waals surface area (Å²) in [5.74, 6) is 0. The van der Waals surface area contributed by atoms with Crippen LogP contribution < -0.4 is 0 Å². The highest BCUT2D eigenvalue weighted by molar-refractivity contribution is 6.46. The van der Waals surface area contributed by atoms with Gasteiger partial charge in [-0.2, -0.15) is 0 Å². The molecule has 22 heavy (non-hydrogen) atoms. The second kappa shape index (κ2) is 8.35. The fourth-order valence-electron chi connectivity index (χ4n) is 3.10. The normalized spacial score (nSPS) is 20.8. The van der Waals surface area contributed by atoms with E-state index in [0.717, 1.165) is 12.8 Å². The predicted molar refractivity (Wildman–Crippen MR) is 94.4 cm³/mol. The molecule has 0 bridgehead atoms. The van der Waals surface area contributed by atoms with Gasteiger partial charge in [0.25, 0.3) is 0 Å². The summed E-state index contributed by atoms with van der Waals surface area (Å²) in [5, 5.41) is 19.2. The first-order valence-electron chi connectivity index (χ1n) is 8.49. The van der Waals surface area contributed by atoms with E-state index in [1.54, 1.807) is 0 Å². The molecule has 2 N–H and O–H groups in total. The molecular formula is C19H27BO2. The van der Waals surface area contributed by atoms with Crippen LogP contribution in [0.15, 0.2) is 48.6 Å². The lowest BCUT2D eigenvalue weighted by molar-refractivity contribution is 0.343. The third kappa shape index (κ3) is 4.34. The van der Waals surface area contributed by atoms with Crippen LogP contribution in [0.4, 0.5) is 0 Å². The quantitative estimate of drug-likeness (QED) is 0.544. The van der Waals surface area contributed by atoms with Crippen molar-refractivity contribution in [3.8, 4) is 0 Å². The van der Waals surface area contributed by atoms with Gasteiger partial charge in [-0.15, -0.1) is 0 Å². The standard InChI is InChI=1S/C19H27BO2/c1-2-3-4-5-9-14-19(20(21)22)15-12-18(13-16-19)17-10-7-6-8-11-17/h6-8,10-13,15,21-22H,2-5,9,14,16H2,1H3. The topological polar surface area (TPSA) is 40.5 Å². The fourth-order valence-corrected chi connectivity index (χ4v) is 3.10. The maximum atomic E-state index is 9.86. The van der Waals surface area contributed by atoms with Crippen LogP contribution >= 0.6 is 0 Å². The van der Waals surface area contributed by atoms with E-state index >= 15 is 0 Å². The Morgan fingerprint density at radius 1 is 1.05 bits per heavy atom. The second-order valence-corrected chi connectivity index (χ2v) is 6.33. The average molecular weight is 298 g/mol.